The van der Waals surface area contributed by atoms with Crippen molar-refractivity contribution < 1.29 is 34.1 Å². The average Bonchev–Trinajstić information content (AvgIpc) is 2.36. The van der Waals surface area contributed by atoms with E-state index < -0.39 is 23.9 Å². The fourth-order valence-corrected chi connectivity index (χ4v) is 1.91. The maximum Gasteiger partial charge on any atom is 0.338 e. The monoisotopic (exact) mass is 328 g/mol. The smallest absolute Gasteiger partial charge is 0.338 e. The lowest BCUT2D eigenvalue weighted by atomic mass is 9.90. The van der Waals surface area contributed by atoms with Gasteiger partial charge in [0, 0.05) is 18.9 Å². The molecule has 1 aliphatic heterocycles. The molecule has 7 nitrogen and oxygen atoms in total. The van der Waals surface area contributed by atoms with Gasteiger partial charge in [-0.25, -0.2) is 4.79 Å². The highest BCUT2D eigenvalue weighted by Crippen LogP contribution is 2.19. The molecule has 0 fully saturated rings. The van der Waals surface area contributed by atoms with Gasteiger partial charge < -0.3 is 14.9 Å². The first kappa shape index (κ1) is 20.8. The minimum Gasteiger partial charge on any atom is -0.481 e. The Balaban J connectivity index is 0.000000422. The van der Waals surface area contributed by atoms with Gasteiger partial charge in [0.05, 0.1) is 6.42 Å². The molecule has 0 aliphatic carbocycles. The van der Waals surface area contributed by atoms with Crippen LogP contribution in [0.4, 0.5) is 0 Å². The van der Waals surface area contributed by atoms with Crippen LogP contribution in [0.3, 0.4) is 0 Å². The minimum absolute atomic E-state index is 0.0655. The molecule has 0 amide bonds. The van der Waals surface area contributed by atoms with Gasteiger partial charge in [-0.05, 0) is 23.3 Å². The van der Waals surface area contributed by atoms with Gasteiger partial charge in [0.25, 0.3) is 0 Å². The fourth-order valence-electron chi connectivity index (χ4n) is 1.91. The van der Waals surface area contributed by atoms with Crippen molar-refractivity contribution in [3.63, 3.8) is 0 Å². The van der Waals surface area contributed by atoms with E-state index in [0.29, 0.717) is 0 Å². The molecule has 23 heavy (non-hydrogen) atoms. The highest BCUT2D eigenvalue weighted by atomic mass is 16.6. The highest BCUT2D eigenvalue weighted by Gasteiger charge is 2.20. The summed E-state index contributed by atoms with van der Waals surface area (Å²) >= 11 is 0. The van der Waals surface area contributed by atoms with Gasteiger partial charge in [0.1, 0.15) is 0 Å². The molecule has 1 heterocycles. The van der Waals surface area contributed by atoms with Crippen molar-refractivity contribution in [2.24, 2.45) is 17.8 Å². The molecule has 1 aliphatic rings. The second-order valence-electron chi connectivity index (χ2n) is 6.04. The number of rotatable bonds is 6. The number of hydrogen-bond acceptors (Lipinski definition) is 5. The second-order valence-corrected chi connectivity index (χ2v) is 6.04. The van der Waals surface area contributed by atoms with Crippen LogP contribution in [0, 0.1) is 17.8 Å². The zero-order valence-corrected chi connectivity index (χ0v) is 13.9. The first-order valence-corrected chi connectivity index (χ1v) is 7.41. The van der Waals surface area contributed by atoms with Crippen molar-refractivity contribution in [2.75, 3.05) is 0 Å². The van der Waals surface area contributed by atoms with Crippen LogP contribution < -0.4 is 0 Å². The molecule has 2 N–H and O–H groups in total. The molecule has 0 aromatic rings. The molecule has 0 unspecified atom stereocenters. The number of carbonyl (C=O) groups excluding carboxylic acids is 2. The summed E-state index contributed by atoms with van der Waals surface area (Å²) in [4.78, 5) is 42.0. The number of esters is 2. The topological polar surface area (TPSA) is 118 Å². The fraction of sp³-hybridized carbons (Fsp3) is 0.625. The van der Waals surface area contributed by atoms with Gasteiger partial charge in [0.15, 0.2) is 0 Å². The van der Waals surface area contributed by atoms with Gasteiger partial charge in [-0.3, -0.25) is 14.4 Å². The van der Waals surface area contributed by atoms with Crippen LogP contribution in [0.25, 0.3) is 0 Å². The van der Waals surface area contributed by atoms with Crippen molar-refractivity contribution in [3.8, 4) is 0 Å². The third-order valence-electron chi connectivity index (χ3n) is 3.42. The Hall–Kier alpha value is -2.18. The molecule has 1 rings (SSSR count). The van der Waals surface area contributed by atoms with Crippen molar-refractivity contribution >= 4 is 23.9 Å². The summed E-state index contributed by atoms with van der Waals surface area (Å²) in [6, 6.07) is 0. The molecule has 0 saturated heterocycles. The first-order chi connectivity index (χ1) is 10.5. The maximum atomic E-state index is 10.7. The van der Waals surface area contributed by atoms with Crippen molar-refractivity contribution in [1.29, 1.82) is 0 Å². The first-order valence-electron chi connectivity index (χ1n) is 7.41. The van der Waals surface area contributed by atoms with E-state index >= 15 is 0 Å². The number of hydrogen-bond donors (Lipinski definition) is 2. The largest absolute Gasteiger partial charge is 0.481 e. The summed E-state index contributed by atoms with van der Waals surface area (Å²) in [6.07, 6.45) is 1.52. The Bertz CT molecular complexity index is 473. The molecule has 0 aromatic carbocycles. The van der Waals surface area contributed by atoms with Gasteiger partial charge in [-0.2, -0.15) is 0 Å². The second kappa shape index (κ2) is 9.76. The Morgan fingerprint density at radius 1 is 1.09 bits per heavy atom. The maximum absolute atomic E-state index is 10.7. The van der Waals surface area contributed by atoms with Crippen LogP contribution in [0.15, 0.2) is 11.6 Å². The third kappa shape index (κ3) is 9.44. The molecule has 0 radical (unpaired) electrons. The van der Waals surface area contributed by atoms with Crippen molar-refractivity contribution in [1.82, 2.24) is 0 Å². The molecule has 0 bridgehead atoms. The van der Waals surface area contributed by atoms with Gasteiger partial charge in [0.2, 0.25) is 0 Å². The van der Waals surface area contributed by atoms with E-state index in [1.165, 1.54) is 6.08 Å². The minimum atomic E-state index is -0.935. The van der Waals surface area contributed by atoms with Crippen LogP contribution >= 0.6 is 0 Å². The molecule has 0 atom stereocenters. The molecule has 0 spiro atoms. The van der Waals surface area contributed by atoms with Crippen molar-refractivity contribution in [3.05, 3.63) is 11.6 Å². The Morgan fingerprint density at radius 2 is 1.57 bits per heavy atom. The zero-order valence-electron chi connectivity index (χ0n) is 13.9. The van der Waals surface area contributed by atoms with Crippen LogP contribution in [0.1, 0.15) is 47.0 Å². The summed E-state index contributed by atoms with van der Waals surface area (Å²) in [7, 11) is 0. The summed E-state index contributed by atoms with van der Waals surface area (Å²) in [6.45, 7) is 7.54. The van der Waals surface area contributed by atoms with E-state index in [9.17, 15) is 19.2 Å². The van der Waals surface area contributed by atoms with Crippen LogP contribution in [-0.2, 0) is 23.9 Å². The molecular formula is C16H24O7. The average molecular weight is 328 g/mol. The van der Waals surface area contributed by atoms with E-state index in [2.05, 4.69) is 4.74 Å². The van der Waals surface area contributed by atoms with E-state index in [0.717, 1.165) is 5.57 Å². The summed E-state index contributed by atoms with van der Waals surface area (Å²) in [5.74, 6) is -2.78. The van der Waals surface area contributed by atoms with E-state index in [4.69, 9.17) is 10.2 Å². The Morgan fingerprint density at radius 3 is 1.87 bits per heavy atom. The van der Waals surface area contributed by atoms with Gasteiger partial charge in [-0.15, -0.1) is 0 Å². The number of cyclic esters (lactones) is 2. The lowest BCUT2D eigenvalue weighted by Crippen LogP contribution is -2.18. The molecule has 7 heteroatoms. The predicted octanol–water partition coefficient (Wildman–Crippen LogP) is 2.25. The third-order valence-corrected chi connectivity index (χ3v) is 3.42. The van der Waals surface area contributed by atoms with Crippen LogP contribution in [-0.4, -0.2) is 34.1 Å². The molecular weight excluding hydrogens is 304 g/mol. The lowest BCUT2D eigenvalue weighted by molar-refractivity contribution is -0.157. The normalized spacial score (nSPS) is 14.3. The van der Waals surface area contributed by atoms with E-state index in [1.54, 1.807) is 0 Å². The van der Waals surface area contributed by atoms with Crippen LogP contribution in [0.2, 0.25) is 0 Å². The standard InChI is InChI=1S/C8H14O4.C8H10O3/c1-5(2)6(3-7(9)10)4-8(11)12;1-5(2)6-3-7(9)11-8(10)4-6/h5-6H,3-4H2,1-2H3,(H,9,10)(H,11,12);3,5H,4H2,1-2H3. The Kier molecular flexibility index (Phi) is 8.83. The number of aliphatic carboxylic acids is 2. The van der Waals surface area contributed by atoms with E-state index in [-0.39, 0.29) is 37.0 Å². The number of carboxylic acids is 2. The molecule has 130 valence electrons. The summed E-state index contributed by atoms with van der Waals surface area (Å²) in [5.41, 5.74) is 0.853. The van der Waals surface area contributed by atoms with Gasteiger partial charge in [-0.1, -0.05) is 27.7 Å². The lowest BCUT2D eigenvalue weighted by Gasteiger charge is -2.15. The van der Waals surface area contributed by atoms with E-state index in [1.807, 2.05) is 27.7 Å². The number of carbonyl (C=O) groups is 4. The molecule has 0 aromatic heterocycles. The van der Waals surface area contributed by atoms with Gasteiger partial charge >= 0.3 is 23.9 Å². The number of ether oxygens (including phenoxy) is 1. The SMILES string of the molecule is CC(C)C(CC(=O)O)CC(=O)O.CC(C)C1=CC(=O)OC(=O)C1. The summed E-state index contributed by atoms with van der Waals surface area (Å²) < 4.78 is 4.31. The predicted molar refractivity (Wildman–Crippen MR) is 81.5 cm³/mol. The quantitative estimate of drug-likeness (QED) is 0.567. The number of carboxylic acid groups (broad SMARTS) is 2. The van der Waals surface area contributed by atoms with Crippen molar-refractivity contribution in [2.45, 2.75) is 47.0 Å². The Labute approximate surface area is 135 Å². The molecule has 0 saturated carbocycles. The van der Waals surface area contributed by atoms with Crippen LogP contribution in [0.5, 0.6) is 0 Å². The summed E-state index contributed by atoms with van der Waals surface area (Å²) in [5, 5.41) is 16.9. The zero-order chi connectivity index (χ0) is 18.2. The highest BCUT2D eigenvalue weighted by molar-refractivity contribution is 5.96.